The number of nitrogens with one attached hydrogen (secondary N) is 1. The first kappa shape index (κ1) is 21.5. The lowest BCUT2D eigenvalue weighted by Crippen LogP contribution is -2.18. The Morgan fingerprint density at radius 2 is 1.81 bits per heavy atom. The number of benzene rings is 3. The second-order valence-electron chi connectivity index (χ2n) is 6.68. The highest BCUT2D eigenvalue weighted by Gasteiger charge is 2.17. The molecule has 0 aromatic heterocycles. The molecule has 0 fully saturated rings. The first-order valence-electron chi connectivity index (χ1n) is 9.40. The summed E-state index contributed by atoms with van der Waals surface area (Å²) in [6.07, 6.45) is 1.46. The minimum Gasteiger partial charge on any atom is -0.496 e. The number of nitro benzene ring substituents is 1. The number of hydrogen-bond acceptors (Lipinski definition) is 6. The van der Waals surface area contributed by atoms with Gasteiger partial charge >= 0.3 is 0 Å². The summed E-state index contributed by atoms with van der Waals surface area (Å²) in [4.78, 5) is 22.7. The standard InChI is InChI=1S/C23H21N3O5/c1-16-3-5-18(6-4-16)15-31-20-10-7-17(8-11-20)14-24-25-23(27)21-13-19(26(28)29)9-12-22(21)30-2/h3-14H,15H2,1-2H3,(H,25,27)/b24-14-. The Hall–Kier alpha value is -4.20. The third-order valence-corrected chi connectivity index (χ3v) is 4.42. The Morgan fingerprint density at radius 1 is 1.10 bits per heavy atom. The summed E-state index contributed by atoms with van der Waals surface area (Å²) in [5.41, 5.74) is 5.18. The van der Waals surface area contributed by atoms with Crippen LogP contribution in [-0.2, 0) is 6.61 Å². The van der Waals surface area contributed by atoms with Gasteiger partial charge in [-0.2, -0.15) is 5.10 Å². The first-order chi connectivity index (χ1) is 15.0. The van der Waals surface area contributed by atoms with Gasteiger partial charge in [-0.05, 0) is 48.4 Å². The van der Waals surface area contributed by atoms with Gasteiger partial charge in [-0.15, -0.1) is 0 Å². The van der Waals surface area contributed by atoms with Crippen molar-refractivity contribution in [3.63, 3.8) is 0 Å². The lowest BCUT2D eigenvalue weighted by molar-refractivity contribution is -0.384. The van der Waals surface area contributed by atoms with Crippen LogP contribution in [0, 0.1) is 17.0 Å². The van der Waals surface area contributed by atoms with Gasteiger partial charge < -0.3 is 9.47 Å². The van der Waals surface area contributed by atoms with Crippen LogP contribution >= 0.6 is 0 Å². The summed E-state index contributed by atoms with van der Waals surface area (Å²) in [6, 6.07) is 19.1. The van der Waals surface area contributed by atoms with E-state index in [1.54, 1.807) is 24.3 Å². The van der Waals surface area contributed by atoms with Gasteiger partial charge in [0.1, 0.15) is 18.1 Å². The van der Waals surface area contributed by atoms with Crippen molar-refractivity contribution >= 4 is 17.8 Å². The van der Waals surface area contributed by atoms with Gasteiger partial charge in [-0.3, -0.25) is 14.9 Å². The molecule has 158 valence electrons. The third-order valence-electron chi connectivity index (χ3n) is 4.42. The number of carbonyl (C=O) groups excluding carboxylic acids is 1. The summed E-state index contributed by atoms with van der Waals surface area (Å²) in [7, 11) is 1.38. The molecule has 0 heterocycles. The Balaban J connectivity index is 1.58. The van der Waals surface area contributed by atoms with E-state index in [1.807, 2.05) is 31.2 Å². The molecule has 8 nitrogen and oxygen atoms in total. The second-order valence-corrected chi connectivity index (χ2v) is 6.68. The van der Waals surface area contributed by atoms with E-state index < -0.39 is 10.8 Å². The summed E-state index contributed by atoms with van der Waals surface area (Å²) in [6.45, 7) is 2.50. The minimum absolute atomic E-state index is 0.0219. The molecule has 0 aliphatic rings. The van der Waals surface area contributed by atoms with Gasteiger partial charge in [-0.25, -0.2) is 5.43 Å². The molecule has 0 aliphatic heterocycles. The van der Waals surface area contributed by atoms with Crippen molar-refractivity contribution in [2.75, 3.05) is 7.11 Å². The van der Waals surface area contributed by atoms with Crippen LogP contribution in [0.4, 0.5) is 5.69 Å². The Labute approximate surface area is 179 Å². The zero-order chi connectivity index (χ0) is 22.2. The zero-order valence-corrected chi connectivity index (χ0v) is 17.1. The number of aryl methyl sites for hydroxylation is 1. The van der Waals surface area contributed by atoms with Gasteiger partial charge in [0.05, 0.1) is 23.8 Å². The number of amides is 1. The number of methoxy groups -OCH3 is 1. The van der Waals surface area contributed by atoms with Crippen LogP contribution in [0.2, 0.25) is 0 Å². The zero-order valence-electron chi connectivity index (χ0n) is 17.1. The fraction of sp³-hybridized carbons (Fsp3) is 0.130. The number of rotatable bonds is 8. The Morgan fingerprint density at radius 3 is 2.45 bits per heavy atom. The fourth-order valence-electron chi connectivity index (χ4n) is 2.71. The van der Waals surface area contributed by atoms with Gasteiger partial charge in [0.15, 0.2) is 0 Å². The molecule has 3 rings (SSSR count). The molecule has 1 N–H and O–H groups in total. The Bertz CT molecular complexity index is 1090. The molecule has 0 saturated carbocycles. The van der Waals surface area contributed by atoms with Gasteiger partial charge in [0, 0.05) is 12.1 Å². The molecule has 8 heteroatoms. The van der Waals surface area contributed by atoms with Crippen molar-refractivity contribution in [3.8, 4) is 11.5 Å². The molecule has 3 aromatic rings. The Kier molecular flexibility index (Phi) is 6.95. The minimum atomic E-state index is -0.616. The number of hydrazone groups is 1. The van der Waals surface area contributed by atoms with Crippen molar-refractivity contribution < 1.29 is 19.2 Å². The number of nitrogens with zero attached hydrogens (tertiary/aromatic N) is 2. The number of carbonyl (C=O) groups is 1. The second kappa shape index (κ2) is 10.0. The maximum Gasteiger partial charge on any atom is 0.275 e. The quantitative estimate of drug-likeness (QED) is 0.334. The van der Waals surface area contributed by atoms with E-state index in [9.17, 15) is 14.9 Å². The molecular weight excluding hydrogens is 398 g/mol. The van der Waals surface area contributed by atoms with Crippen LogP contribution in [0.5, 0.6) is 11.5 Å². The number of ether oxygens (including phenoxy) is 2. The molecule has 0 unspecified atom stereocenters. The maximum absolute atomic E-state index is 12.3. The number of non-ortho nitro benzene ring substituents is 1. The van der Waals surface area contributed by atoms with Gasteiger partial charge in [0.25, 0.3) is 11.6 Å². The highest BCUT2D eigenvalue weighted by molar-refractivity contribution is 5.98. The molecule has 31 heavy (non-hydrogen) atoms. The highest BCUT2D eigenvalue weighted by Crippen LogP contribution is 2.23. The largest absolute Gasteiger partial charge is 0.496 e. The van der Waals surface area contributed by atoms with Gasteiger partial charge in [-0.1, -0.05) is 29.8 Å². The lowest BCUT2D eigenvalue weighted by Gasteiger charge is -2.07. The van der Waals surface area contributed by atoms with Gasteiger partial charge in [0.2, 0.25) is 0 Å². The van der Waals surface area contributed by atoms with Crippen LogP contribution in [0.25, 0.3) is 0 Å². The monoisotopic (exact) mass is 419 g/mol. The molecule has 0 bridgehead atoms. The average molecular weight is 419 g/mol. The van der Waals surface area contributed by atoms with Crippen molar-refractivity contribution in [1.29, 1.82) is 0 Å². The first-order valence-corrected chi connectivity index (χ1v) is 9.40. The molecule has 0 atom stereocenters. The van der Waals surface area contributed by atoms with E-state index in [2.05, 4.69) is 10.5 Å². The molecule has 3 aromatic carbocycles. The van der Waals surface area contributed by atoms with Crippen LogP contribution in [0.15, 0.2) is 71.8 Å². The van der Waals surface area contributed by atoms with E-state index in [4.69, 9.17) is 9.47 Å². The van der Waals surface area contributed by atoms with Crippen LogP contribution in [-0.4, -0.2) is 24.2 Å². The van der Waals surface area contributed by atoms with E-state index in [0.29, 0.717) is 12.4 Å². The summed E-state index contributed by atoms with van der Waals surface area (Å²) >= 11 is 0. The predicted molar refractivity (Wildman–Crippen MR) is 117 cm³/mol. The van der Waals surface area contributed by atoms with Crippen molar-refractivity contribution in [3.05, 3.63) is 99.1 Å². The normalized spacial score (nSPS) is 10.6. The van der Waals surface area contributed by atoms with Crippen molar-refractivity contribution in [2.45, 2.75) is 13.5 Å². The molecule has 0 radical (unpaired) electrons. The number of hydrogen-bond donors (Lipinski definition) is 1. The van der Waals surface area contributed by atoms with E-state index in [-0.39, 0.29) is 17.0 Å². The van der Waals surface area contributed by atoms with E-state index in [1.165, 1.54) is 31.0 Å². The topological polar surface area (TPSA) is 103 Å². The summed E-state index contributed by atoms with van der Waals surface area (Å²) < 4.78 is 10.9. The summed E-state index contributed by atoms with van der Waals surface area (Å²) in [5, 5.41) is 14.8. The molecule has 1 amide bonds. The van der Waals surface area contributed by atoms with Crippen molar-refractivity contribution in [1.82, 2.24) is 5.43 Å². The predicted octanol–water partition coefficient (Wildman–Crippen LogP) is 4.25. The highest BCUT2D eigenvalue weighted by atomic mass is 16.6. The average Bonchev–Trinajstić information content (AvgIpc) is 2.79. The van der Waals surface area contributed by atoms with Crippen molar-refractivity contribution in [2.24, 2.45) is 5.10 Å². The molecule has 0 spiro atoms. The van der Waals surface area contributed by atoms with Crippen LogP contribution in [0.1, 0.15) is 27.0 Å². The van der Waals surface area contributed by atoms with Crippen LogP contribution in [0.3, 0.4) is 0 Å². The third kappa shape index (κ3) is 5.89. The van der Waals surface area contributed by atoms with Crippen LogP contribution < -0.4 is 14.9 Å². The van der Waals surface area contributed by atoms with E-state index in [0.717, 1.165) is 17.2 Å². The number of nitro groups is 1. The molecule has 0 saturated heterocycles. The summed E-state index contributed by atoms with van der Waals surface area (Å²) in [5.74, 6) is 0.311. The smallest absolute Gasteiger partial charge is 0.275 e. The molecular formula is C23H21N3O5. The maximum atomic E-state index is 12.3. The van der Waals surface area contributed by atoms with E-state index >= 15 is 0 Å². The fourth-order valence-corrected chi connectivity index (χ4v) is 2.71. The lowest BCUT2D eigenvalue weighted by atomic mass is 10.1. The SMILES string of the molecule is COc1ccc([N+](=O)[O-])cc1C(=O)N/N=C\c1ccc(OCc2ccc(C)cc2)cc1. The molecule has 0 aliphatic carbocycles.